The lowest BCUT2D eigenvalue weighted by molar-refractivity contribution is 0.0926. The van der Waals surface area contributed by atoms with Crippen LogP contribution in [0, 0.1) is 0 Å². The van der Waals surface area contributed by atoms with E-state index in [1.54, 1.807) is 23.3 Å². The summed E-state index contributed by atoms with van der Waals surface area (Å²) < 4.78 is 1.77. The number of hydrogen-bond acceptors (Lipinski definition) is 3. The molecule has 0 saturated carbocycles. The summed E-state index contributed by atoms with van der Waals surface area (Å²) in [4.78, 5) is 18.2. The highest BCUT2D eigenvalue weighted by atomic mass is 16.2. The Bertz CT molecular complexity index is 434. The standard InChI is InChI=1S/C10H13N5O/c1-8(7-15-6-2-3-13-15)14-10(16)9-11-4-5-12-9/h2-6,8H,7H2,1H3,(H,11,12)(H,14,16). The minimum absolute atomic E-state index is 0.00231. The molecule has 6 heteroatoms. The van der Waals surface area contributed by atoms with Crippen molar-refractivity contribution in [2.24, 2.45) is 0 Å². The van der Waals surface area contributed by atoms with E-state index in [-0.39, 0.29) is 11.9 Å². The third kappa shape index (κ3) is 2.47. The van der Waals surface area contributed by atoms with E-state index in [9.17, 15) is 4.79 Å². The minimum atomic E-state index is -0.204. The van der Waals surface area contributed by atoms with Crippen molar-refractivity contribution in [1.29, 1.82) is 0 Å². The molecule has 2 N–H and O–H groups in total. The van der Waals surface area contributed by atoms with Crippen molar-refractivity contribution in [3.8, 4) is 0 Å². The second-order valence-electron chi connectivity index (χ2n) is 3.54. The third-order valence-electron chi connectivity index (χ3n) is 2.11. The highest BCUT2D eigenvalue weighted by molar-refractivity contribution is 5.90. The van der Waals surface area contributed by atoms with E-state index in [2.05, 4.69) is 20.4 Å². The number of nitrogens with one attached hydrogen (secondary N) is 2. The third-order valence-corrected chi connectivity index (χ3v) is 2.11. The van der Waals surface area contributed by atoms with Crippen LogP contribution in [0.3, 0.4) is 0 Å². The molecule has 0 aliphatic carbocycles. The normalized spacial score (nSPS) is 12.3. The zero-order chi connectivity index (χ0) is 11.4. The lowest BCUT2D eigenvalue weighted by atomic mass is 10.3. The molecule has 2 aromatic heterocycles. The molecule has 2 heterocycles. The van der Waals surface area contributed by atoms with Crippen LogP contribution in [0.15, 0.2) is 30.9 Å². The number of aromatic amines is 1. The second-order valence-corrected chi connectivity index (χ2v) is 3.54. The van der Waals surface area contributed by atoms with E-state index in [1.807, 2.05) is 19.2 Å². The maximum atomic E-state index is 11.6. The van der Waals surface area contributed by atoms with Crippen molar-refractivity contribution >= 4 is 5.91 Å². The van der Waals surface area contributed by atoms with E-state index >= 15 is 0 Å². The number of rotatable bonds is 4. The van der Waals surface area contributed by atoms with Gasteiger partial charge in [-0.3, -0.25) is 9.48 Å². The van der Waals surface area contributed by atoms with Gasteiger partial charge in [-0.25, -0.2) is 4.98 Å². The van der Waals surface area contributed by atoms with E-state index in [0.717, 1.165) is 0 Å². The fourth-order valence-electron chi connectivity index (χ4n) is 1.42. The largest absolute Gasteiger partial charge is 0.345 e. The van der Waals surface area contributed by atoms with Crippen LogP contribution in [-0.4, -0.2) is 31.7 Å². The second kappa shape index (κ2) is 4.61. The summed E-state index contributed by atoms with van der Waals surface area (Å²) in [7, 11) is 0. The molecule has 0 spiro atoms. The predicted octanol–water partition coefficient (Wildman–Crippen LogP) is 0.425. The van der Waals surface area contributed by atoms with Crippen molar-refractivity contribution in [2.75, 3.05) is 0 Å². The smallest absolute Gasteiger partial charge is 0.287 e. The zero-order valence-electron chi connectivity index (χ0n) is 8.92. The SMILES string of the molecule is CC(Cn1cccn1)NC(=O)c1ncc[nH]1. The highest BCUT2D eigenvalue weighted by Crippen LogP contribution is 1.93. The molecule has 0 radical (unpaired) electrons. The molecule has 2 rings (SSSR count). The van der Waals surface area contributed by atoms with Gasteiger partial charge in [0.15, 0.2) is 5.82 Å². The monoisotopic (exact) mass is 219 g/mol. The van der Waals surface area contributed by atoms with Gasteiger partial charge >= 0.3 is 0 Å². The van der Waals surface area contributed by atoms with Gasteiger partial charge in [0.1, 0.15) is 0 Å². The Morgan fingerprint density at radius 2 is 2.50 bits per heavy atom. The molecule has 0 aliphatic heterocycles. The van der Waals surface area contributed by atoms with Crippen molar-refractivity contribution in [3.63, 3.8) is 0 Å². The first-order chi connectivity index (χ1) is 7.75. The number of H-pyrrole nitrogens is 1. The Kier molecular flexibility index (Phi) is 3.00. The maximum absolute atomic E-state index is 11.6. The van der Waals surface area contributed by atoms with Gasteiger partial charge in [-0.2, -0.15) is 5.10 Å². The van der Waals surface area contributed by atoms with Gasteiger partial charge in [0.25, 0.3) is 5.91 Å². The predicted molar refractivity (Wildman–Crippen MR) is 57.7 cm³/mol. The fraction of sp³-hybridized carbons (Fsp3) is 0.300. The van der Waals surface area contributed by atoms with Gasteiger partial charge in [-0.1, -0.05) is 0 Å². The Labute approximate surface area is 92.7 Å². The molecule has 1 atom stereocenters. The van der Waals surface area contributed by atoms with Gasteiger partial charge in [0.2, 0.25) is 0 Å². The summed E-state index contributed by atoms with van der Waals surface area (Å²) in [6.45, 7) is 2.56. The molecule has 1 unspecified atom stereocenters. The summed E-state index contributed by atoms with van der Waals surface area (Å²) in [5.74, 6) is 0.122. The summed E-state index contributed by atoms with van der Waals surface area (Å²) >= 11 is 0. The quantitative estimate of drug-likeness (QED) is 0.782. The molecule has 0 bridgehead atoms. The van der Waals surface area contributed by atoms with Crippen molar-refractivity contribution in [3.05, 3.63) is 36.7 Å². The number of amides is 1. The topological polar surface area (TPSA) is 75.6 Å². The Morgan fingerprint density at radius 1 is 1.62 bits per heavy atom. The zero-order valence-corrected chi connectivity index (χ0v) is 8.92. The van der Waals surface area contributed by atoms with E-state index in [1.165, 1.54) is 0 Å². The average Bonchev–Trinajstić information content (AvgIpc) is 2.88. The van der Waals surface area contributed by atoms with Gasteiger partial charge in [-0.05, 0) is 13.0 Å². The first-order valence-corrected chi connectivity index (χ1v) is 5.03. The molecular weight excluding hydrogens is 206 g/mol. The lowest BCUT2D eigenvalue weighted by Gasteiger charge is -2.12. The molecular formula is C10H13N5O. The van der Waals surface area contributed by atoms with Crippen LogP contribution in [-0.2, 0) is 6.54 Å². The molecule has 1 amide bonds. The number of aromatic nitrogens is 4. The van der Waals surface area contributed by atoms with E-state index < -0.39 is 0 Å². The van der Waals surface area contributed by atoms with Crippen LogP contribution >= 0.6 is 0 Å². The highest BCUT2D eigenvalue weighted by Gasteiger charge is 2.11. The fourth-order valence-corrected chi connectivity index (χ4v) is 1.42. The van der Waals surface area contributed by atoms with Crippen LogP contribution in [0.4, 0.5) is 0 Å². The van der Waals surface area contributed by atoms with Crippen LogP contribution in [0.1, 0.15) is 17.5 Å². The summed E-state index contributed by atoms with van der Waals surface area (Å²) in [6, 6.07) is 1.85. The molecule has 0 aromatic carbocycles. The van der Waals surface area contributed by atoms with Crippen LogP contribution < -0.4 is 5.32 Å². The molecule has 0 fully saturated rings. The van der Waals surface area contributed by atoms with Gasteiger partial charge in [-0.15, -0.1) is 0 Å². The molecule has 0 aliphatic rings. The average molecular weight is 219 g/mol. The Hall–Kier alpha value is -2.11. The number of carbonyl (C=O) groups is 1. The van der Waals surface area contributed by atoms with Gasteiger partial charge < -0.3 is 10.3 Å². The number of imidazole rings is 1. The minimum Gasteiger partial charge on any atom is -0.345 e. The van der Waals surface area contributed by atoms with Gasteiger partial charge in [0, 0.05) is 30.8 Å². The van der Waals surface area contributed by atoms with E-state index in [4.69, 9.17) is 0 Å². The first-order valence-electron chi connectivity index (χ1n) is 5.03. The molecule has 2 aromatic rings. The molecule has 6 nitrogen and oxygen atoms in total. The maximum Gasteiger partial charge on any atom is 0.287 e. The summed E-state index contributed by atoms with van der Waals surface area (Å²) in [6.07, 6.45) is 6.73. The van der Waals surface area contributed by atoms with Crippen LogP contribution in [0.5, 0.6) is 0 Å². The number of hydrogen-bond donors (Lipinski definition) is 2. The van der Waals surface area contributed by atoms with Crippen molar-refractivity contribution in [1.82, 2.24) is 25.1 Å². The Morgan fingerprint density at radius 3 is 3.12 bits per heavy atom. The first kappa shape index (κ1) is 10.4. The van der Waals surface area contributed by atoms with Crippen molar-refractivity contribution < 1.29 is 4.79 Å². The van der Waals surface area contributed by atoms with Crippen LogP contribution in [0.2, 0.25) is 0 Å². The summed E-state index contributed by atoms with van der Waals surface area (Å²) in [5.41, 5.74) is 0. The Balaban J connectivity index is 1.88. The molecule has 84 valence electrons. The van der Waals surface area contributed by atoms with Crippen molar-refractivity contribution in [2.45, 2.75) is 19.5 Å². The molecule has 0 saturated heterocycles. The lowest BCUT2D eigenvalue weighted by Crippen LogP contribution is -2.36. The molecule has 16 heavy (non-hydrogen) atoms. The number of carbonyl (C=O) groups excluding carboxylic acids is 1. The van der Waals surface area contributed by atoms with Gasteiger partial charge in [0.05, 0.1) is 6.54 Å². The summed E-state index contributed by atoms with van der Waals surface area (Å²) in [5, 5.41) is 6.90. The van der Waals surface area contributed by atoms with Crippen LogP contribution in [0.25, 0.3) is 0 Å². The number of nitrogens with zero attached hydrogens (tertiary/aromatic N) is 3. The van der Waals surface area contributed by atoms with E-state index in [0.29, 0.717) is 12.4 Å².